The monoisotopic (exact) mass is 441 g/mol. The van der Waals surface area contributed by atoms with Gasteiger partial charge in [-0.3, -0.25) is 19.2 Å². The van der Waals surface area contributed by atoms with Crippen LogP contribution in [0.15, 0.2) is 72.8 Å². The van der Waals surface area contributed by atoms with E-state index in [1.54, 1.807) is 93.6 Å². The van der Waals surface area contributed by atoms with Crippen molar-refractivity contribution in [3.8, 4) is 0 Å². The summed E-state index contributed by atoms with van der Waals surface area (Å²) in [5.74, 6) is -1.35. The molecule has 0 saturated carbocycles. The van der Waals surface area contributed by atoms with Gasteiger partial charge in [-0.25, -0.2) is 4.90 Å². The second-order valence-electron chi connectivity index (χ2n) is 8.78. The minimum absolute atomic E-state index is 0.159. The maximum Gasteiger partial charge on any atom is 0.266 e. The van der Waals surface area contributed by atoms with Gasteiger partial charge in [-0.05, 0) is 48.5 Å². The quantitative estimate of drug-likeness (QED) is 0.573. The van der Waals surface area contributed by atoms with Gasteiger partial charge in [0.25, 0.3) is 17.7 Å². The molecule has 1 heterocycles. The van der Waals surface area contributed by atoms with Gasteiger partial charge in [0.2, 0.25) is 5.91 Å². The molecule has 0 atom stereocenters. The summed E-state index contributed by atoms with van der Waals surface area (Å²) >= 11 is 0. The maximum atomic E-state index is 12.8. The van der Waals surface area contributed by atoms with Gasteiger partial charge in [0.1, 0.15) is 0 Å². The third-order valence-corrected chi connectivity index (χ3v) is 5.22. The molecule has 0 radical (unpaired) electrons. The molecule has 1 aliphatic heterocycles. The summed E-state index contributed by atoms with van der Waals surface area (Å²) in [5, 5.41) is 5.59. The number of rotatable bonds is 4. The lowest BCUT2D eigenvalue weighted by Crippen LogP contribution is -2.29. The predicted molar refractivity (Wildman–Crippen MR) is 127 cm³/mol. The summed E-state index contributed by atoms with van der Waals surface area (Å²) in [6.07, 6.45) is 0. The van der Waals surface area contributed by atoms with Crippen LogP contribution in [-0.4, -0.2) is 23.6 Å². The molecule has 3 aromatic rings. The third-order valence-electron chi connectivity index (χ3n) is 5.22. The van der Waals surface area contributed by atoms with Crippen molar-refractivity contribution in [3.05, 3.63) is 89.5 Å². The molecule has 4 amide bonds. The molecular formula is C26H23N3O4. The van der Waals surface area contributed by atoms with Gasteiger partial charge >= 0.3 is 0 Å². The van der Waals surface area contributed by atoms with Crippen molar-refractivity contribution in [1.29, 1.82) is 0 Å². The average molecular weight is 441 g/mol. The van der Waals surface area contributed by atoms with E-state index in [1.807, 2.05) is 0 Å². The molecule has 1 aliphatic rings. The highest BCUT2D eigenvalue weighted by Gasteiger charge is 2.36. The minimum atomic E-state index is -0.567. The van der Waals surface area contributed by atoms with E-state index in [4.69, 9.17) is 0 Å². The molecule has 4 rings (SSSR count). The second kappa shape index (κ2) is 8.35. The van der Waals surface area contributed by atoms with E-state index < -0.39 is 17.2 Å². The zero-order valence-electron chi connectivity index (χ0n) is 18.5. The lowest BCUT2D eigenvalue weighted by molar-refractivity contribution is -0.123. The number of hydrogen-bond donors (Lipinski definition) is 2. The number of carbonyl (C=O) groups is 4. The summed E-state index contributed by atoms with van der Waals surface area (Å²) in [6, 6.07) is 19.8. The van der Waals surface area contributed by atoms with Crippen LogP contribution in [0.1, 0.15) is 51.8 Å². The maximum absolute atomic E-state index is 12.8. The predicted octanol–water partition coefficient (Wildman–Crippen LogP) is 4.72. The van der Waals surface area contributed by atoms with E-state index in [1.165, 1.54) is 0 Å². The zero-order valence-corrected chi connectivity index (χ0v) is 18.5. The Balaban J connectivity index is 1.52. The average Bonchev–Trinajstić information content (AvgIpc) is 3.04. The van der Waals surface area contributed by atoms with Gasteiger partial charge in [-0.1, -0.05) is 45.0 Å². The topological polar surface area (TPSA) is 95.6 Å². The highest BCUT2D eigenvalue weighted by molar-refractivity contribution is 6.34. The molecule has 0 fully saturated rings. The Morgan fingerprint density at radius 3 is 1.91 bits per heavy atom. The van der Waals surface area contributed by atoms with Crippen LogP contribution in [0.3, 0.4) is 0 Å². The molecule has 7 nitrogen and oxygen atoms in total. The fourth-order valence-electron chi connectivity index (χ4n) is 3.41. The molecule has 0 aromatic heterocycles. The van der Waals surface area contributed by atoms with Gasteiger partial charge < -0.3 is 10.6 Å². The van der Waals surface area contributed by atoms with Crippen molar-refractivity contribution in [3.63, 3.8) is 0 Å². The smallest absolute Gasteiger partial charge is 0.266 e. The third kappa shape index (κ3) is 4.39. The van der Waals surface area contributed by atoms with E-state index in [9.17, 15) is 19.2 Å². The first-order valence-electron chi connectivity index (χ1n) is 10.5. The van der Waals surface area contributed by atoms with Crippen molar-refractivity contribution in [1.82, 2.24) is 0 Å². The number of amides is 4. The van der Waals surface area contributed by atoms with E-state index in [0.717, 1.165) is 4.90 Å². The molecule has 0 spiro atoms. The fourth-order valence-corrected chi connectivity index (χ4v) is 3.41. The van der Waals surface area contributed by atoms with Crippen molar-refractivity contribution in [2.45, 2.75) is 20.8 Å². The van der Waals surface area contributed by atoms with Crippen LogP contribution in [0.4, 0.5) is 17.1 Å². The first-order chi connectivity index (χ1) is 15.6. The second-order valence-corrected chi connectivity index (χ2v) is 8.78. The molecule has 3 aromatic carbocycles. The summed E-state index contributed by atoms with van der Waals surface area (Å²) < 4.78 is 0. The Labute approximate surface area is 191 Å². The number of anilines is 3. The summed E-state index contributed by atoms with van der Waals surface area (Å²) in [7, 11) is 0. The van der Waals surface area contributed by atoms with Crippen LogP contribution in [0, 0.1) is 5.41 Å². The van der Waals surface area contributed by atoms with Crippen LogP contribution in [0.25, 0.3) is 0 Å². The molecule has 166 valence electrons. The molecule has 0 saturated heterocycles. The molecule has 7 heteroatoms. The number of benzene rings is 3. The largest absolute Gasteiger partial charge is 0.326 e. The summed E-state index contributed by atoms with van der Waals surface area (Å²) in [6.45, 7) is 5.42. The van der Waals surface area contributed by atoms with E-state index in [-0.39, 0.29) is 11.8 Å². The first-order valence-corrected chi connectivity index (χ1v) is 10.5. The van der Waals surface area contributed by atoms with Gasteiger partial charge in [-0.15, -0.1) is 0 Å². The lowest BCUT2D eigenvalue weighted by atomic mass is 9.95. The van der Waals surface area contributed by atoms with Crippen LogP contribution in [0.5, 0.6) is 0 Å². The number of nitrogens with one attached hydrogen (secondary N) is 2. The van der Waals surface area contributed by atoms with E-state index in [0.29, 0.717) is 33.8 Å². The Morgan fingerprint density at radius 2 is 1.30 bits per heavy atom. The number of hydrogen-bond acceptors (Lipinski definition) is 4. The van der Waals surface area contributed by atoms with Crippen molar-refractivity contribution < 1.29 is 19.2 Å². The van der Waals surface area contributed by atoms with Crippen LogP contribution >= 0.6 is 0 Å². The van der Waals surface area contributed by atoms with Crippen molar-refractivity contribution in [2.24, 2.45) is 5.41 Å². The standard InChI is InChI=1S/C26H23N3O4/c1-26(2,3)25(33)28-17-9-6-8-16(14-17)22(30)27-18-10-7-11-19(15-18)29-23(31)20-12-4-5-13-21(20)24(29)32/h4-15H,1-3H3,(H,27,30)(H,28,33). The normalized spacial score (nSPS) is 13.0. The van der Waals surface area contributed by atoms with Gasteiger partial charge in [-0.2, -0.15) is 0 Å². The summed E-state index contributed by atoms with van der Waals surface area (Å²) in [4.78, 5) is 51.6. The molecule has 0 aliphatic carbocycles. The number of carbonyl (C=O) groups excluding carboxylic acids is 4. The van der Waals surface area contributed by atoms with Crippen LogP contribution < -0.4 is 15.5 Å². The molecular weight excluding hydrogens is 418 g/mol. The Hall–Kier alpha value is -4.26. The van der Waals surface area contributed by atoms with Crippen LogP contribution in [0.2, 0.25) is 0 Å². The fraction of sp³-hybridized carbons (Fsp3) is 0.154. The molecule has 0 bridgehead atoms. The van der Waals surface area contributed by atoms with Gasteiger partial charge in [0.05, 0.1) is 16.8 Å². The van der Waals surface area contributed by atoms with E-state index >= 15 is 0 Å². The van der Waals surface area contributed by atoms with Crippen molar-refractivity contribution >= 4 is 40.7 Å². The summed E-state index contributed by atoms with van der Waals surface area (Å²) in [5.41, 5.74) is 1.80. The number of fused-ring (bicyclic) bond motifs is 1. The Bertz CT molecular complexity index is 1260. The number of nitrogens with zero attached hydrogens (tertiary/aromatic N) is 1. The van der Waals surface area contributed by atoms with E-state index in [2.05, 4.69) is 10.6 Å². The van der Waals surface area contributed by atoms with Crippen molar-refractivity contribution in [2.75, 3.05) is 15.5 Å². The Morgan fingerprint density at radius 1 is 0.727 bits per heavy atom. The van der Waals surface area contributed by atoms with Gasteiger partial charge in [0, 0.05) is 22.4 Å². The molecule has 2 N–H and O–H groups in total. The SMILES string of the molecule is CC(C)(C)C(=O)Nc1cccc(C(=O)Nc2cccc(N3C(=O)c4ccccc4C3=O)c2)c1. The van der Waals surface area contributed by atoms with Gasteiger partial charge in [0.15, 0.2) is 0 Å². The van der Waals surface area contributed by atoms with Crippen LogP contribution in [-0.2, 0) is 4.79 Å². The Kier molecular flexibility index (Phi) is 5.55. The molecule has 33 heavy (non-hydrogen) atoms. The molecule has 0 unspecified atom stereocenters. The first kappa shape index (κ1) is 22.0. The lowest BCUT2D eigenvalue weighted by Gasteiger charge is -2.18. The highest BCUT2D eigenvalue weighted by atomic mass is 16.2. The minimum Gasteiger partial charge on any atom is -0.326 e. The number of imide groups is 1. The zero-order chi connectivity index (χ0) is 23.8. The highest BCUT2D eigenvalue weighted by Crippen LogP contribution is 2.30.